The number of rotatable bonds is 4. The highest BCUT2D eigenvalue weighted by Crippen LogP contribution is 2.50. The SMILES string of the molecule is CC(C)CSC1(C#N)CC(C(C)C)C1. The number of thioether (sulfide) groups is 1. The molecule has 0 N–H and O–H groups in total. The maximum atomic E-state index is 9.18. The van der Waals surface area contributed by atoms with Crippen molar-refractivity contribution < 1.29 is 0 Å². The molecule has 0 aromatic heterocycles. The Morgan fingerprint density at radius 2 is 1.93 bits per heavy atom. The maximum absolute atomic E-state index is 9.18. The summed E-state index contributed by atoms with van der Waals surface area (Å²) in [6, 6.07) is 2.52. The monoisotopic (exact) mass is 211 g/mol. The van der Waals surface area contributed by atoms with Crippen molar-refractivity contribution in [1.82, 2.24) is 0 Å². The summed E-state index contributed by atoms with van der Waals surface area (Å²) >= 11 is 1.88. The highest BCUT2D eigenvalue weighted by atomic mass is 32.2. The molecule has 1 rings (SSSR count). The smallest absolute Gasteiger partial charge is 0.103 e. The van der Waals surface area contributed by atoms with Crippen LogP contribution in [0.3, 0.4) is 0 Å². The van der Waals surface area contributed by atoms with E-state index in [-0.39, 0.29) is 4.75 Å². The first-order chi connectivity index (χ1) is 6.49. The minimum absolute atomic E-state index is 0.0286. The Labute approximate surface area is 92.3 Å². The molecule has 0 atom stereocenters. The van der Waals surface area contributed by atoms with Gasteiger partial charge in [-0.15, -0.1) is 11.8 Å². The molecule has 1 aliphatic carbocycles. The number of hydrogen-bond donors (Lipinski definition) is 0. The van der Waals surface area contributed by atoms with E-state index in [2.05, 4.69) is 33.8 Å². The first-order valence-corrected chi connectivity index (χ1v) is 6.53. The molecule has 0 bridgehead atoms. The van der Waals surface area contributed by atoms with Crippen LogP contribution in [0.2, 0.25) is 0 Å². The summed E-state index contributed by atoms with van der Waals surface area (Å²) in [6.07, 6.45) is 2.22. The first kappa shape index (κ1) is 11.9. The van der Waals surface area contributed by atoms with Gasteiger partial charge in [0.2, 0.25) is 0 Å². The van der Waals surface area contributed by atoms with E-state index < -0.39 is 0 Å². The lowest BCUT2D eigenvalue weighted by molar-refractivity contribution is 0.207. The molecule has 0 aromatic carbocycles. The Hall–Kier alpha value is -0.160. The summed E-state index contributed by atoms with van der Waals surface area (Å²) in [5.41, 5.74) is 0. The fraction of sp³-hybridized carbons (Fsp3) is 0.917. The minimum Gasteiger partial charge on any atom is -0.197 e. The standard InChI is InChI=1S/C12H21NS/c1-9(2)7-14-12(8-13)5-11(6-12)10(3)4/h9-11H,5-7H2,1-4H3. The Morgan fingerprint density at radius 1 is 1.36 bits per heavy atom. The van der Waals surface area contributed by atoms with E-state index in [1.165, 1.54) is 0 Å². The van der Waals surface area contributed by atoms with Gasteiger partial charge in [0.1, 0.15) is 4.75 Å². The van der Waals surface area contributed by atoms with Crippen molar-refractivity contribution in [2.45, 2.75) is 45.3 Å². The van der Waals surface area contributed by atoms with E-state index in [1.54, 1.807) is 0 Å². The summed E-state index contributed by atoms with van der Waals surface area (Å²) in [7, 11) is 0. The molecule has 0 amide bonds. The summed E-state index contributed by atoms with van der Waals surface area (Å²) in [4.78, 5) is 0. The second-order valence-electron chi connectivity index (χ2n) is 5.22. The molecule has 80 valence electrons. The van der Waals surface area contributed by atoms with Gasteiger partial charge in [0.15, 0.2) is 0 Å². The van der Waals surface area contributed by atoms with Gasteiger partial charge < -0.3 is 0 Å². The van der Waals surface area contributed by atoms with E-state index in [0.717, 1.165) is 30.4 Å². The number of nitrogens with zero attached hydrogens (tertiary/aromatic N) is 1. The summed E-state index contributed by atoms with van der Waals surface area (Å²) in [6.45, 7) is 8.96. The second-order valence-corrected chi connectivity index (χ2v) is 6.63. The van der Waals surface area contributed by atoms with Crippen molar-refractivity contribution in [3.63, 3.8) is 0 Å². The van der Waals surface area contributed by atoms with Crippen LogP contribution in [0.4, 0.5) is 0 Å². The Bertz CT molecular complexity index is 215. The lowest BCUT2D eigenvalue weighted by atomic mass is 9.69. The van der Waals surface area contributed by atoms with Crippen molar-refractivity contribution in [3.8, 4) is 6.07 Å². The molecular formula is C12H21NS. The van der Waals surface area contributed by atoms with Gasteiger partial charge >= 0.3 is 0 Å². The van der Waals surface area contributed by atoms with E-state index in [4.69, 9.17) is 0 Å². The summed E-state index contributed by atoms with van der Waals surface area (Å²) in [5, 5.41) is 9.18. The molecule has 0 radical (unpaired) electrons. The molecule has 2 heteroatoms. The van der Waals surface area contributed by atoms with Gasteiger partial charge in [-0.2, -0.15) is 5.26 Å². The van der Waals surface area contributed by atoms with Gasteiger partial charge in [-0.25, -0.2) is 0 Å². The van der Waals surface area contributed by atoms with Crippen molar-refractivity contribution in [3.05, 3.63) is 0 Å². The van der Waals surface area contributed by atoms with Crippen LogP contribution in [-0.2, 0) is 0 Å². The lowest BCUT2D eigenvalue weighted by Gasteiger charge is -2.44. The molecule has 0 aromatic rings. The summed E-state index contributed by atoms with van der Waals surface area (Å²) < 4.78 is -0.0286. The van der Waals surface area contributed by atoms with Crippen LogP contribution in [0.15, 0.2) is 0 Å². The predicted octanol–water partition coefficient (Wildman–Crippen LogP) is 3.70. The van der Waals surface area contributed by atoms with Gasteiger partial charge in [0.25, 0.3) is 0 Å². The van der Waals surface area contributed by atoms with Crippen LogP contribution in [-0.4, -0.2) is 10.5 Å². The quantitative estimate of drug-likeness (QED) is 0.708. The predicted molar refractivity (Wildman–Crippen MR) is 63.2 cm³/mol. The first-order valence-electron chi connectivity index (χ1n) is 5.54. The molecule has 0 unspecified atom stereocenters. The van der Waals surface area contributed by atoms with Crippen LogP contribution in [0.25, 0.3) is 0 Å². The van der Waals surface area contributed by atoms with Crippen LogP contribution >= 0.6 is 11.8 Å². The maximum Gasteiger partial charge on any atom is 0.103 e. The van der Waals surface area contributed by atoms with E-state index in [9.17, 15) is 5.26 Å². The Kier molecular flexibility index (Phi) is 3.89. The average Bonchev–Trinajstić information content (AvgIpc) is 2.02. The van der Waals surface area contributed by atoms with Gasteiger partial charge in [-0.3, -0.25) is 0 Å². The average molecular weight is 211 g/mol. The van der Waals surface area contributed by atoms with Crippen LogP contribution in [0.5, 0.6) is 0 Å². The third-order valence-corrected chi connectivity index (χ3v) is 4.83. The van der Waals surface area contributed by atoms with Gasteiger partial charge in [0.05, 0.1) is 6.07 Å². The van der Waals surface area contributed by atoms with Gasteiger partial charge in [-0.05, 0) is 36.3 Å². The fourth-order valence-corrected chi connectivity index (χ4v) is 3.21. The van der Waals surface area contributed by atoms with Crippen molar-refractivity contribution >= 4 is 11.8 Å². The van der Waals surface area contributed by atoms with Crippen LogP contribution < -0.4 is 0 Å². The molecular weight excluding hydrogens is 190 g/mol. The lowest BCUT2D eigenvalue weighted by Crippen LogP contribution is -2.42. The van der Waals surface area contributed by atoms with E-state index in [0.29, 0.717) is 5.92 Å². The van der Waals surface area contributed by atoms with Crippen molar-refractivity contribution in [2.75, 3.05) is 5.75 Å². The second kappa shape index (κ2) is 4.57. The highest BCUT2D eigenvalue weighted by Gasteiger charge is 2.45. The van der Waals surface area contributed by atoms with Crippen LogP contribution in [0, 0.1) is 29.1 Å². The molecule has 0 spiro atoms. The molecule has 0 aliphatic heterocycles. The number of hydrogen-bond acceptors (Lipinski definition) is 2. The minimum atomic E-state index is -0.0286. The Morgan fingerprint density at radius 3 is 2.29 bits per heavy atom. The molecule has 1 aliphatic rings. The van der Waals surface area contributed by atoms with Gasteiger partial charge in [-0.1, -0.05) is 27.7 Å². The van der Waals surface area contributed by atoms with Crippen molar-refractivity contribution in [2.24, 2.45) is 17.8 Å². The highest BCUT2D eigenvalue weighted by molar-refractivity contribution is 8.00. The third kappa shape index (κ3) is 2.67. The molecule has 1 saturated carbocycles. The summed E-state index contributed by atoms with van der Waals surface area (Å²) in [5.74, 6) is 3.35. The van der Waals surface area contributed by atoms with E-state index >= 15 is 0 Å². The zero-order valence-electron chi connectivity index (χ0n) is 9.71. The fourth-order valence-electron chi connectivity index (χ4n) is 1.83. The molecule has 1 fully saturated rings. The molecule has 14 heavy (non-hydrogen) atoms. The molecule has 1 nitrogen and oxygen atoms in total. The number of nitriles is 1. The normalized spacial score (nSPS) is 31.6. The zero-order valence-corrected chi connectivity index (χ0v) is 10.5. The third-order valence-electron chi connectivity index (χ3n) is 3.02. The molecule has 0 saturated heterocycles. The van der Waals surface area contributed by atoms with E-state index in [1.807, 2.05) is 11.8 Å². The zero-order chi connectivity index (χ0) is 10.8. The topological polar surface area (TPSA) is 23.8 Å². The largest absolute Gasteiger partial charge is 0.197 e. The Balaban J connectivity index is 2.38. The van der Waals surface area contributed by atoms with Crippen molar-refractivity contribution in [1.29, 1.82) is 5.26 Å². The molecule has 0 heterocycles. The van der Waals surface area contributed by atoms with Gasteiger partial charge in [0, 0.05) is 0 Å². The van der Waals surface area contributed by atoms with Crippen LogP contribution in [0.1, 0.15) is 40.5 Å².